The molecule has 4 rings (SSSR count). The highest BCUT2D eigenvalue weighted by molar-refractivity contribution is 5.89. The summed E-state index contributed by atoms with van der Waals surface area (Å²) in [6, 6.07) is 17.1. The number of hydrogen-bond acceptors (Lipinski definition) is 2. The molecule has 1 heterocycles. The molecule has 0 bridgehead atoms. The fourth-order valence-corrected chi connectivity index (χ4v) is 4.07. The lowest BCUT2D eigenvalue weighted by molar-refractivity contribution is 0.244. The maximum Gasteiger partial charge on any atom is 0.319 e. The van der Waals surface area contributed by atoms with Crippen molar-refractivity contribution in [3.8, 4) is 0 Å². The summed E-state index contributed by atoms with van der Waals surface area (Å²) in [5.41, 5.74) is 4.92. The number of hydrogen-bond donors (Lipinski definition) is 2. The van der Waals surface area contributed by atoms with E-state index in [0.717, 1.165) is 38.0 Å². The highest BCUT2D eigenvalue weighted by atomic mass is 16.2. The minimum Gasteiger partial charge on any atom is -0.367 e. The van der Waals surface area contributed by atoms with Crippen molar-refractivity contribution in [1.82, 2.24) is 5.32 Å². The third kappa shape index (κ3) is 4.01. The molecule has 0 saturated heterocycles. The van der Waals surface area contributed by atoms with Crippen LogP contribution in [-0.2, 0) is 13.0 Å². The fourth-order valence-electron chi connectivity index (χ4n) is 4.07. The van der Waals surface area contributed by atoms with Gasteiger partial charge in [-0.3, -0.25) is 0 Å². The van der Waals surface area contributed by atoms with E-state index in [1.54, 1.807) is 0 Å². The van der Waals surface area contributed by atoms with Crippen LogP contribution in [0.3, 0.4) is 0 Å². The number of carbonyl (C=O) groups is 1. The molecule has 0 atom stereocenters. The number of urea groups is 1. The molecule has 1 aliphatic carbocycles. The minimum absolute atomic E-state index is 0.0865. The van der Waals surface area contributed by atoms with Crippen molar-refractivity contribution in [2.24, 2.45) is 0 Å². The molecule has 2 aromatic rings. The third-order valence-corrected chi connectivity index (χ3v) is 5.56. The van der Waals surface area contributed by atoms with Crippen LogP contribution < -0.4 is 15.5 Å². The van der Waals surface area contributed by atoms with E-state index in [9.17, 15) is 4.79 Å². The van der Waals surface area contributed by atoms with Crippen molar-refractivity contribution in [3.05, 3.63) is 59.7 Å². The summed E-state index contributed by atoms with van der Waals surface area (Å²) >= 11 is 0. The Balaban J connectivity index is 1.34. The Bertz CT molecular complexity index is 750. The number of anilines is 2. The van der Waals surface area contributed by atoms with Crippen LogP contribution in [0.15, 0.2) is 48.5 Å². The fraction of sp³-hybridized carbons (Fsp3) is 0.409. The summed E-state index contributed by atoms with van der Waals surface area (Å²) in [4.78, 5) is 14.6. The highest BCUT2D eigenvalue weighted by Gasteiger charge is 2.17. The molecule has 2 aromatic carbocycles. The Morgan fingerprint density at radius 1 is 0.923 bits per heavy atom. The lowest BCUT2D eigenvalue weighted by Gasteiger charge is -2.30. The van der Waals surface area contributed by atoms with Gasteiger partial charge in [0.1, 0.15) is 0 Å². The summed E-state index contributed by atoms with van der Waals surface area (Å²) in [6.45, 7) is 1.98. The second-order valence-corrected chi connectivity index (χ2v) is 7.42. The first kappa shape index (κ1) is 17.0. The van der Waals surface area contributed by atoms with Crippen molar-refractivity contribution >= 4 is 17.4 Å². The minimum atomic E-state index is -0.0865. The predicted octanol–water partition coefficient (Wildman–Crippen LogP) is 4.70. The Kier molecular flexibility index (Phi) is 5.09. The molecule has 4 heteroatoms. The first-order valence-corrected chi connectivity index (χ1v) is 9.77. The quantitative estimate of drug-likeness (QED) is 0.843. The van der Waals surface area contributed by atoms with Gasteiger partial charge in [-0.05, 0) is 54.7 Å². The smallest absolute Gasteiger partial charge is 0.319 e. The average Bonchev–Trinajstić information content (AvgIpc) is 2.69. The second-order valence-electron chi connectivity index (χ2n) is 7.42. The summed E-state index contributed by atoms with van der Waals surface area (Å²) in [5, 5.41) is 6.06. The molecule has 1 aliphatic heterocycles. The maximum absolute atomic E-state index is 12.2. The number of carbonyl (C=O) groups excluding carboxylic acids is 1. The van der Waals surface area contributed by atoms with Crippen LogP contribution >= 0.6 is 0 Å². The molecule has 2 amide bonds. The van der Waals surface area contributed by atoms with E-state index in [4.69, 9.17) is 0 Å². The van der Waals surface area contributed by atoms with Crippen LogP contribution in [0, 0.1) is 0 Å². The lowest BCUT2D eigenvalue weighted by atomic mass is 9.96. The molecule has 2 N–H and O–H groups in total. The van der Waals surface area contributed by atoms with Gasteiger partial charge in [0.15, 0.2) is 0 Å². The predicted molar refractivity (Wildman–Crippen MR) is 107 cm³/mol. The van der Waals surface area contributed by atoms with E-state index >= 15 is 0 Å². The van der Waals surface area contributed by atoms with Crippen molar-refractivity contribution in [2.75, 3.05) is 16.8 Å². The number of rotatable bonds is 3. The number of nitrogens with one attached hydrogen (secondary N) is 2. The van der Waals surface area contributed by atoms with Gasteiger partial charge in [0.25, 0.3) is 0 Å². The summed E-state index contributed by atoms with van der Waals surface area (Å²) in [5.74, 6) is 0. The van der Waals surface area contributed by atoms with Crippen LogP contribution in [0.25, 0.3) is 0 Å². The maximum atomic E-state index is 12.2. The van der Waals surface area contributed by atoms with Crippen molar-refractivity contribution in [3.63, 3.8) is 0 Å². The van der Waals surface area contributed by atoms with Gasteiger partial charge in [-0.2, -0.15) is 0 Å². The van der Waals surface area contributed by atoms with E-state index < -0.39 is 0 Å². The summed E-state index contributed by atoms with van der Waals surface area (Å²) < 4.78 is 0. The van der Waals surface area contributed by atoms with Crippen molar-refractivity contribution in [2.45, 2.75) is 51.1 Å². The van der Waals surface area contributed by atoms with Gasteiger partial charge in [0.2, 0.25) is 0 Å². The van der Waals surface area contributed by atoms with E-state index in [-0.39, 0.29) is 6.03 Å². The molecule has 1 fully saturated rings. The molecule has 2 aliphatic rings. The van der Waals surface area contributed by atoms with Gasteiger partial charge < -0.3 is 15.5 Å². The normalized spacial score (nSPS) is 17.5. The third-order valence-electron chi connectivity index (χ3n) is 5.56. The molecule has 26 heavy (non-hydrogen) atoms. The van der Waals surface area contributed by atoms with E-state index in [1.165, 1.54) is 36.1 Å². The molecule has 4 nitrogen and oxygen atoms in total. The van der Waals surface area contributed by atoms with Gasteiger partial charge in [-0.1, -0.05) is 43.5 Å². The zero-order valence-electron chi connectivity index (χ0n) is 15.2. The van der Waals surface area contributed by atoms with E-state index in [1.807, 2.05) is 12.1 Å². The van der Waals surface area contributed by atoms with Gasteiger partial charge in [0.05, 0.1) is 0 Å². The van der Waals surface area contributed by atoms with Crippen LogP contribution in [0.5, 0.6) is 0 Å². The largest absolute Gasteiger partial charge is 0.367 e. The molecule has 0 spiro atoms. The topological polar surface area (TPSA) is 44.4 Å². The van der Waals surface area contributed by atoms with Gasteiger partial charge in [-0.25, -0.2) is 4.79 Å². The van der Waals surface area contributed by atoms with Crippen LogP contribution in [-0.4, -0.2) is 18.6 Å². The number of fused-ring (bicyclic) bond motifs is 1. The van der Waals surface area contributed by atoms with Crippen LogP contribution in [0.1, 0.15) is 43.2 Å². The summed E-state index contributed by atoms with van der Waals surface area (Å²) in [7, 11) is 0. The first-order chi connectivity index (χ1) is 12.8. The van der Waals surface area contributed by atoms with Gasteiger partial charge in [0, 0.05) is 30.5 Å². The number of benzene rings is 2. The zero-order chi connectivity index (χ0) is 17.8. The Labute approximate surface area is 155 Å². The van der Waals surface area contributed by atoms with Crippen molar-refractivity contribution < 1.29 is 4.79 Å². The monoisotopic (exact) mass is 349 g/mol. The Morgan fingerprint density at radius 3 is 2.42 bits per heavy atom. The Morgan fingerprint density at radius 2 is 1.65 bits per heavy atom. The standard InChI is InChI=1S/C22H27N3O/c26-22(23-19-8-2-1-3-9-19)24-20-10-12-21(13-11-20)25-15-14-17-6-4-5-7-18(17)16-25/h4-7,10-13,19H,1-3,8-9,14-16H2,(H2,23,24,26). The Hall–Kier alpha value is -2.49. The first-order valence-electron chi connectivity index (χ1n) is 9.77. The highest BCUT2D eigenvalue weighted by Crippen LogP contribution is 2.25. The van der Waals surface area contributed by atoms with Crippen LogP contribution in [0.4, 0.5) is 16.2 Å². The second kappa shape index (κ2) is 7.81. The van der Waals surface area contributed by atoms with Crippen molar-refractivity contribution in [1.29, 1.82) is 0 Å². The van der Waals surface area contributed by atoms with Crippen LogP contribution in [0.2, 0.25) is 0 Å². The molecule has 0 aromatic heterocycles. The van der Waals surface area contributed by atoms with Gasteiger partial charge >= 0.3 is 6.03 Å². The van der Waals surface area contributed by atoms with Gasteiger partial charge in [-0.15, -0.1) is 0 Å². The average molecular weight is 349 g/mol. The summed E-state index contributed by atoms with van der Waals surface area (Å²) in [6.07, 6.45) is 7.02. The SMILES string of the molecule is O=C(Nc1ccc(N2CCc3ccccc3C2)cc1)NC1CCCCC1. The molecule has 0 radical (unpaired) electrons. The number of nitrogens with zero attached hydrogens (tertiary/aromatic N) is 1. The van der Waals surface area contributed by atoms with E-state index in [0.29, 0.717) is 6.04 Å². The molecule has 136 valence electrons. The molecular formula is C22H27N3O. The number of amides is 2. The molecule has 0 unspecified atom stereocenters. The van der Waals surface area contributed by atoms with E-state index in [2.05, 4.69) is 51.9 Å². The molecule has 1 saturated carbocycles. The zero-order valence-corrected chi connectivity index (χ0v) is 15.2. The molecular weight excluding hydrogens is 322 g/mol. The lowest BCUT2D eigenvalue weighted by Crippen LogP contribution is -2.39.